The third-order valence-corrected chi connectivity index (χ3v) is 4.89. The number of primary amides is 1. The predicted molar refractivity (Wildman–Crippen MR) is 110 cm³/mol. The second kappa shape index (κ2) is 8.60. The van der Waals surface area contributed by atoms with Crippen LogP contribution < -0.4 is 5.73 Å². The van der Waals surface area contributed by atoms with Crippen molar-refractivity contribution >= 4 is 5.91 Å². The minimum Gasteiger partial charge on any atom is -0.370 e. The molecule has 4 aromatic rings. The molecule has 1 amide bonds. The van der Waals surface area contributed by atoms with E-state index in [0.29, 0.717) is 17.5 Å². The van der Waals surface area contributed by atoms with Crippen LogP contribution in [0.2, 0.25) is 0 Å². The quantitative estimate of drug-likeness (QED) is 0.493. The number of nitrogens with one attached hydrogen (secondary N) is 1. The number of halogens is 1. The lowest BCUT2D eigenvalue weighted by Crippen LogP contribution is -2.17. The highest BCUT2D eigenvalue weighted by atomic mass is 19.1. The zero-order chi connectivity index (χ0) is 20.9. The molecule has 0 radical (unpaired) electrons. The van der Waals surface area contributed by atoms with Crippen LogP contribution in [0, 0.1) is 5.82 Å². The van der Waals surface area contributed by atoms with Gasteiger partial charge in [-0.2, -0.15) is 5.21 Å². The van der Waals surface area contributed by atoms with E-state index in [1.54, 1.807) is 18.5 Å². The molecule has 3 N–H and O–H groups in total. The van der Waals surface area contributed by atoms with Gasteiger partial charge in [-0.15, -0.1) is 10.2 Å². The number of benzene rings is 2. The van der Waals surface area contributed by atoms with Crippen LogP contribution in [0.5, 0.6) is 0 Å². The second-order valence-corrected chi connectivity index (χ2v) is 7.01. The Kier molecular flexibility index (Phi) is 5.56. The number of amides is 1. The molecule has 0 aliphatic heterocycles. The van der Waals surface area contributed by atoms with Crippen molar-refractivity contribution in [3.63, 3.8) is 0 Å². The summed E-state index contributed by atoms with van der Waals surface area (Å²) in [6.07, 6.45) is 4.13. The number of tetrazole rings is 1. The van der Waals surface area contributed by atoms with Crippen LogP contribution in [0.3, 0.4) is 0 Å². The van der Waals surface area contributed by atoms with E-state index >= 15 is 0 Å². The number of hydrogen-bond donors (Lipinski definition) is 2. The minimum atomic E-state index is -0.446. The van der Waals surface area contributed by atoms with Crippen LogP contribution in [-0.2, 0) is 11.2 Å². The number of nitrogens with zero attached hydrogens (tertiary/aromatic N) is 4. The van der Waals surface area contributed by atoms with Gasteiger partial charge in [0.15, 0.2) is 0 Å². The maximum Gasteiger partial charge on any atom is 0.218 e. The van der Waals surface area contributed by atoms with E-state index in [1.807, 2.05) is 36.4 Å². The standard InChI is InChI=1S/C22H19FN6O/c23-20-11-18(10-19(12-20)22-26-28-29-27-22)17(13-21(24)30)9-14-1-3-15(4-2-14)16-5-7-25-8-6-16/h1-8,10-12,17H,9,13H2,(H2,24,30)(H,26,27,28,29). The molecule has 0 fully saturated rings. The third kappa shape index (κ3) is 4.54. The third-order valence-electron chi connectivity index (χ3n) is 4.89. The van der Waals surface area contributed by atoms with Gasteiger partial charge in [-0.25, -0.2) is 4.39 Å². The summed E-state index contributed by atoms with van der Waals surface area (Å²) in [5.41, 5.74) is 9.78. The van der Waals surface area contributed by atoms with Crippen LogP contribution in [0.1, 0.15) is 23.5 Å². The van der Waals surface area contributed by atoms with E-state index in [0.717, 1.165) is 16.7 Å². The molecular weight excluding hydrogens is 383 g/mol. The molecule has 1 atom stereocenters. The summed E-state index contributed by atoms with van der Waals surface area (Å²) in [5, 5.41) is 13.7. The van der Waals surface area contributed by atoms with Crippen LogP contribution >= 0.6 is 0 Å². The largest absolute Gasteiger partial charge is 0.370 e. The van der Waals surface area contributed by atoms with Crippen molar-refractivity contribution in [2.75, 3.05) is 0 Å². The Morgan fingerprint density at radius 2 is 1.73 bits per heavy atom. The highest BCUT2D eigenvalue weighted by Gasteiger charge is 2.18. The van der Waals surface area contributed by atoms with E-state index in [9.17, 15) is 9.18 Å². The Morgan fingerprint density at radius 3 is 2.40 bits per heavy atom. The van der Waals surface area contributed by atoms with Gasteiger partial charge in [0.25, 0.3) is 0 Å². The van der Waals surface area contributed by atoms with Crippen molar-refractivity contribution in [1.29, 1.82) is 0 Å². The average Bonchev–Trinajstić information content (AvgIpc) is 3.29. The first-order chi connectivity index (χ1) is 14.6. The van der Waals surface area contributed by atoms with Crippen molar-refractivity contribution in [2.45, 2.75) is 18.8 Å². The normalized spacial score (nSPS) is 11.9. The Bertz CT molecular complexity index is 1130. The molecule has 30 heavy (non-hydrogen) atoms. The molecule has 2 aromatic heterocycles. The van der Waals surface area contributed by atoms with Gasteiger partial charge in [-0.3, -0.25) is 9.78 Å². The van der Waals surface area contributed by atoms with Gasteiger partial charge in [-0.1, -0.05) is 24.3 Å². The molecule has 4 rings (SSSR count). The number of rotatable bonds is 7. The molecule has 7 nitrogen and oxygen atoms in total. The molecule has 0 saturated carbocycles. The van der Waals surface area contributed by atoms with Gasteiger partial charge in [0, 0.05) is 24.4 Å². The van der Waals surface area contributed by atoms with Crippen molar-refractivity contribution in [3.8, 4) is 22.5 Å². The summed E-state index contributed by atoms with van der Waals surface area (Å²) in [4.78, 5) is 15.7. The zero-order valence-corrected chi connectivity index (χ0v) is 16.0. The van der Waals surface area contributed by atoms with Gasteiger partial charge < -0.3 is 5.73 Å². The first kappa shape index (κ1) is 19.4. The van der Waals surface area contributed by atoms with E-state index in [2.05, 4.69) is 25.6 Å². The molecule has 150 valence electrons. The van der Waals surface area contributed by atoms with E-state index in [1.165, 1.54) is 12.1 Å². The summed E-state index contributed by atoms with van der Waals surface area (Å²) in [7, 11) is 0. The Morgan fingerprint density at radius 1 is 1.00 bits per heavy atom. The number of H-pyrrole nitrogens is 1. The monoisotopic (exact) mass is 402 g/mol. The summed E-state index contributed by atoms with van der Waals surface area (Å²) >= 11 is 0. The molecule has 1 unspecified atom stereocenters. The van der Waals surface area contributed by atoms with Crippen molar-refractivity contribution in [3.05, 3.63) is 83.9 Å². The Balaban J connectivity index is 1.61. The number of aromatic amines is 1. The fourth-order valence-corrected chi connectivity index (χ4v) is 3.47. The molecule has 0 saturated heterocycles. The maximum absolute atomic E-state index is 14.3. The molecule has 2 aromatic carbocycles. The predicted octanol–water partition coefficient (Wildman–Crippen LogP) is 3.27. The topological polar surface area (TPSA) is 110 Å². The molecule has 8 heteroatoms. The van der Waals surface area contributed by atoms with E-state index in [4.69, 9.17) is 5.73 Å². The van der Waals surface area contributed by atoms with Gasteiger partial charge >= 0.3 is 0 Å². The fourth-order valence-electron chi connectivity index (χ4n) is 3.47. The van der Waals surface area contributed by atoms with Crippen LogP contribution in [0.4, 0.5) is 4.39 Å². The fraction of sp³-hybridized carbons (Fsp3) is 0.136. The van der Waals surface area contributed by atoms with Gasteiger partial charge in [0.05, 0.1) is 0 Å². The van der Waals surface area contributed by atoms with Crippen LogP contribution in [0.25, 0.3) is 22.5 Å². The maximum atomic E-state index is 14.3. The lowest BCUT2D eigenvalue weighted by atomic mass is 9.87. The Hall–Kier alpha value is -3.94. The van der Waals surface area contributed by atoms with E-state index in [-0.39, 0.29) is 18.2 Å². The molecular formula is C22H19FN6O. The first-order valence-corrected chi connectivity index (χ1v) is 9.40. The number of pyridine rings is 1. The number of carbonyl (C=O) groups excluding carboxylic acids is 1. The average molecular weight is 402 g/mol. The SMILES string of the molecule is NC(=O)CC(Cc1ccc(-c2ccncc2)cc1)c1cc(F)cc(-c2nn[nH]n2)c1. The minimum absolute atomic E-state index is 0.0985. The lowest BCUT2D eigenvalue weighted by molar-refractivity contribution is -0.118. The zero-order valence-electron chi connectivity index (χ0n) is 16.0. The summed E-state index contributed by atoms with van der Waals surface area (Å²) in [6.45, 7) is 0. The van der Waals surface area contributed by atoms with Gasteiger partial charge in [0.2, 0.25) is 11.7 Å². The number of aromatic nitrogens is 5. The molecule has 0 bridgehead atoms. The highest BCUT2D eigenvalue weighted by molar-refractivity contribution is 5.75. The van der Waals surface area contributed by atoms with Crippen LogP contribution in [-0.4, -0.2) is 31.5 Å². The van der Waals surface area contributed by atoms with Gasteiger partial charge in [0.1, 0.15) is 5.82 Å². The smallest absolute Gasteiger partial charge is 0.218 e. The number of hydrogen-bond acceptors (Lipinski definition) is 5. The van der Waals surface area contributed by atoms with Crippen LogP contribution in [0.15, 0.2) is 67.0 Å². The molecule has 0 aliphatic rings. The summed E-state index contributed by atoms with van der Waals surface area (Å²) in [6, 6.07) is 16.4. The second-order valence-electron chi connectivity index (χ2n) is 7.01. The number of nitrogens with two attached hydrogens (primary N) is 1. The van der Waals surface area contributed by atoms with Crippen molar-refractivity contribution in [1.82, 2.24) is 25.6 Å². The molecule has 0 aliphatic carbocycles. The highest BCUT2D eigenvalue weighted by Crippen LogP contribution is 2.29. The summed E-state index contributed by atoms with van der Waals surface area (Å²) < 4.78 is 14.3. The summed E-state index contributed by atoms with van der Waals surface area (Å²) in [5.74, 6) is -0.875. The van der Waals surface area contributed by atoms with E-state index < -0.39 is 11.7 Å². The first-order valence-electron chi connectivity index (χ1n) is 9.40. The number of carbonyl (C=O) groups is 1. The molecule has 0 spiro atoms. The Labute approximate surface area is 172 Å². The molecule has 2 heterocycles. The van der Waals surface area contributed by atoms with Crippen molar-refractivity contribution in [2.24, 2.45) is 5.73 Å². The van der Waals surface area contributed by atoms with Gasteiger partial charge in [-0.05, 0) is 70.1 Å². The van der Waals surface area contributed by atoms with Crippen molar-refractivity contribution < 1.29 is 9.18 Å². The lowest BCUT2D eigenvalue weighted by Gasteiger charge is -2.17.